The molecule has 2 bridgehead atoms. The number of nitrogens with one attached hydrogen (secondary N) is 1. The fourth-order valence-electron chi connectivity index (χ4n) is 4.52. The van der Waals surface area contributed by atoms with Crippen LogP contribution >= 0.6 is 0 Å². The lowest BCUT2D eigenvalue weighted by Crippen LogP contribution is -2.34. The van der Waals surface area contributed by atoms with Gasteiger partial charge in [0.1, 0.15) is 0 Å². The summed E-state index contributed by atoms with van der Waals surface area (Å²) in [5.74, 6) is 3.14. The second kappa shape index (κ2) is 6.76. The summed E-state index contributed by atoms with van der Waals surface area (Å²) in [4.78, 5) is 0. The first-order valence-corrected chi connectivity index (χ1v) is 8.62. The SMILES string of the molecule is CCCNC(Cc1ccccc1)CC1CC2CCC1C2. The molecular formula is C19H29N. The number of benzene rings is 1. The Morgan fingerprint density at radius 2 is 2.00 bits per heavy atom. The van der Waals surface area contributed by atoms with Crippen LogP contribution in [0.15, 0.2) is 30.3 Å². The van der Waals surface area contributed by atoms with E-state index >= 15 is 0 Å². The van der Waals surface area contributed by atoms with Crippen molar-refractivity contribution >= 4 is 0 Å². The normalized spacial score (nSPS) is 29.8. The van der Waals surface area contributed by atoms with E-state index in [9.17, 15) is 0 Å². The van der Waals surface area contributed by atoms with Crippen molar-refractivity contribution in [1.82, 2.24) is 5.32 Å². The van der Waals surface area contributed by atoms with Gasteiger partial charge in [-0.1, -0.05) is 43.7 Å². The molecule has 0 aromatic heterocycles. The zero-order chi connectivity index (χ0) is 13.8. The molecule has 110 valence electrons. The molecule has 4 unspecified atom stereocenters. The van der Waals surface area contributed by atoms with Gasteiger partial charge in [0.2, 0.25) is 0 Å². The second-order valence-corrected chi connectivity index (χ2v) is 7.01. The first-order chi connectivity index (χ1) is 9.85. The molecule has 2 fully saturated rings. The molecule has 3 rings (SSSR count). The minimum absolute atomic E-state index is 0.682. The lowest BCUT2D eigenvalue weighted by molar-refractivity contribution is 0.276. The van der Waals surface area contributed by atoms with Gasteiger partial charge in [-0.2, -0.15) is 0 Å². The summed E-state index contributed by atoms with van der Waals surface area (Å²) in [7, 11) is 0. The van der Waals surface area contributed by atoms with Gasteiger partial charge < -0.3 is 5.32 Å². The van der Waals surface area contributed by atoms with E-state index in [0.29, 0.717) is 6.04 Å². The standard InChI is InChI=1S/C19H29N/c1-2-10-20-19(13-15-6-4-3-5-7-15)14-18-12-16-8-9-17(18)11-16/h3-7,16-20H,2,8-14H2,1H3. The molecular weight excluding hydrogens is 242 g/mol. The highest BCUT2D eigenvalue weighted by Crippen LogP contribution is 2.49. The van der Waals surface area contributed by atoms with Crippen molar-refractivity contribution in [2.45, 2.75) is 57.9 Å². The molecule has 0 saturated heterocycles. The van der Waals surface area contributed by atoms with E-state index in [0.717, 1.165) is 24.3 Å². The molecule has 1 nitrogen and oxygen atoms in total. The van der Waals surface area contributed by atoms with Gasteiger partial charge in [-0.15, -0.1) is 0 Å². The molecule has 2 saturated carbocycles. The lowest BCUT2D eigenvalue weighted by Gasteiger charge is -2.27. The smallest absolute Gasteiger partial charge is 0.0110 e. The largest absolute Gasteiger partial charge is 0.314 e. The molecule has 1 heteroatoms. The van der Waals surface area contributed by atoms with Crippen LogP contribution in [0.3, 0.4) is 0 Å². The van der Waals surface area contributed by atoms with Gasteiger partial charge in [-0.3, -0.25) is 0 Å². The van der Waals surface area contributed by atoms with Gasteiger partial charge in [0.25, 0.3) is 0 Å². The predicted octanol–water partition coefficient (Wildman–Crippen LogP) is 4.42. The summed E-state index contributed by atoms with van der Waals surface area (Å²) in [5, 5.41) is 3.80. The van der Waals surface area contributed by atoms with Crippen LogP contribution in [0.25, 0.3) is 0 Å². The number of hydrogen-bond donors (Lipinski definition) is 1. The Morgan fingerprint density at radius 1 is 1.15 bits per heavy atom. The molecule has 0 heterocycles. The average molecular weight is 271 g/mol. The molecule has 2 aliphatic carbocycles. The summed E-state index contributed by atoms with van der Waals surface area (Å²) < 4.78 is 0. The third-order valence-corrected chi connectivity index (χ3v) is 5.48. The average Bonchev–Trinajstić information content (AvgIpc) is 3.08. The van der Waals surface area contributed by atoms with Crippen LogP contribution in [0.5, 0.6) is 0 Å². The van der Waals surface area contributed by atoms with Crippen molar-refractivity contribution < 1.29 is 0 Å². The van der Waals surface area contributed by atoms with E-state index in [1.807, 2.05) is 0 Å². The fourth-order valence-corrected chi connectivity index (χ4v) is 4.52. The van der Waals surface area contributed by atoms with E-state index in [2.05, 4.69) is 42.6 Å². The van der Waals surface area contributed by atoms with Gasteiger partial charge in [-0.05, 0) is 68.4 Å². The lowest BCUT2D eigenvalue weighted by atomic mass is 9.83. The Bertz CT molecular complexity index is 399. The third-order valence-electron chi connectivity index (χ3n) is 5.48. The molecule has 20 heavy (non-hydrogen) atoms. The van der Waals surface area contributed by atoms with Crippen molar-refractivity contribution in [3.63, 3.8) is 0 Å². The molecule has 1 aromatic carbocycles. The van der Waals surface area contributed by atoms with Crippen LogP contribution in [-0.4, -0.2) is 12.6 Å². The summed E-state index contributed by atoms with van der Waals surface area (Å²) in [5.41, 5.74) is 1.49. The van der Waals surface area contributed by atoms with Crippen LogP contribution in [-0.2, 0) is 6.42 Å². The summed E-state index contributed by atoms with van der Waals surface area (Å²) >= 11 is 0. The Labute approximate surface area is 124 Å². The van der Waals surface area contributed by atoms with Crippen LogP contribution in [0.1, 0.15) is 51.0 Å². The van der Waals surface area contributed by atoms with Crippen molar-refractivity contribution in [2.24, 2.45) is 17.8 Å². The topological polar surface area (TPSA) is 12.0 Å². The van der Waals surface area contributed by atoms with E-state index in [4.69, 9.17) is 0 Å². The highest BCUT2D eigenvalue weighted by molar-refractivity contribution is 5.16. The maximum absolute atomic E-state index is 3.80. The molecule has 2 aliphatic rings. The van der Waals surface area contributed by atoms with Crippen molar-refractivity contribution in [2.75, 3.05) is 6.54 Å². The van der Waals surface area contributed by atoms with Crippen molar-refractivity contribution in [3.8, 4) is 0 Å². The zero-order valence-corrected chi connectivity index (χ0v) is 12.9. The summed E-state index contributed by atoms with van der Waals surface area (Å²) in [6.07, 6.45) is 9.93. The number of hydrogen-bond acceptors (Lipinski definition) is 1. The minimum atomic E-state index is 0.682. The Hall–Kier alpha value is -0.820. The van der Waals surface area contributed by atoms with Gasteiger partial charge in [0.05, 0.1) is 0 Å². The summed E-state index contributed by atoms with van der Waals surface area (Å²) in [6.45, 7) is 3.43. The van der Waals surface area contributed by atoms with Gasteiger partial charge in [0, 0.05) is 6.04 Å². The quantitative estimate of drug-likeness (QED) is 0.774. The highest BCUT2D eigenvalue weighted by Gasteiger charge is 2.39. The van der Waals surface area contributed by atoms with E-state index < -0.39 is 0 Å². The van der Waals surface area contributed by atoms with E-state index in [1.165, 1.54) is 50.5 Å². The van der Waals surface area contributed by atoms with Crippen LogP contribution < -0.4 is 5.32 Å². The van der Waals surface area contributed by atoms with Crippen molar-refractivity contribution in [3.05, 3.63) is 35.9 Å². The van der Waals surface area contributed by atoms with E-state index in [-0.39, 0.29) is 0 Å². The van der Waals surface area contributed by atoms with Gasteiger partial charge >= 0.3 is 0 Å². The Balaban J connectivity index is 1.58. The van der Waals surface area contributed by atoms with E-state index in [1.54, 1.807) is 0 Å². The minimum Gasteiger partial charge on any atom is -0.314 e. The second-order valence-electron chi connectivity index (χ2n) is 7.01. The molecule has 1 N–H and O–H groups in total. The van der Waals surface area contributed by atoms with Crippen LogP contribution in [0.2, 0.25) is 0 Å². The number of fused-ring (bicyclic) bond motifs is 2. The molecule has 0 amide bonds. The first-order valence-electron chi connectivity index (χ1n) is 8.62. The fraction of sp³-hybridized carbons (Fsp3) is 0.684. The Kier molecular flexibility index (Phi) is 4.77. The molecule has 0 radical (unpaired) electrons. The maximum atomic E-state index is 3.80. The maximum Gasteiger partial charge on any atom is 0.0110 e. The Morgan fingerprint density at radius 3 is 2.65 bits per heavy atom. The van der Waals surface area contributed by atoms with Crippen LogP contribution in [0, 0.1) is 17.8 Å². The van der Waals surface area contributed by atoms with Gasteiger partial charge in [-0.25, -0.2) is 0 Å². The van der Waals surface area contributed by atoms with Gasteiger partial charge in [0.15, 0.2) is 0 Å². The predicted molar refractivity (Wildman–Crippen MR) is 85.8 cm³/mol. The zero-order valence-electron chi connectivity index (χ0n) is 12.9. The first kappa shape index (κ1) is 14.1. The third kappa shape index (κ3) is 3.44. The number of rotatable bonds is 7. The molecule has 4 atom stereocenters. The monoisotopic (exact) mass is 271 g/mol. The molecule has 0 aliphatic heterocycles. The van der Waals surface area contributed by atoms with Crippen molar-refractivity contribution in [1.29, 1.82) is 0 Å². The summed E-state index contributed by atoms with van der Waals surface area (Å²) in [6, 6.07) is 11.7. The van der Waals surface area contributed by atoms with Crippen LogP contribution in [0.4, 0.5) is 0 Å². The molecule has 1 aromatic rings. The highest BCUT2D eigenvalue weighted by atomic mass is 14.9. The molecule has 0 spiro atoms.